The normalized spacial score (nSPS) is 16.7. The van der Waals surface area contributed by atoms with E-state index >= 15 is 0 Å². The van der Waals surface area contributed by atoms with Gasteiger partial charge in [0.2, 0.25) is 5.91 Å². The van der Waals surface area contributed by atoms with E-state index in [0.717, 1.165) is 16.8 Å². The minimum atomic E-state index is -1.19. The van der Waals surface area contributed by atoms with Crippen LogP contribution in [0.25, 0.3) is 0 Å². The molecule has 2 aromatic carbocycles. The van der Waals surface area contributed by atoms with Gasteiger partial charge in [0.05, 0.1) is 12.9 Å². The van der Waals surface area contributed by atoms with Crippen molar-refractivity contribution in [3.8, 4) is 0 Å². The summed E-state index contributed by atoms with van der Waals surface area (Å²) in [5.74, 6) is -1.57. The molecule has 0 bridgehead atoms. The number of amides is 3. The number of anilines is 1. The maximum absolute atomic E-state index is 13.7. The maximum Gasteiger partial charge on any atom is 0.273 e. The number of rotatable bonds is 9. The third kappa shape index (κ3) is 5.39. The van der Waals surface area contributed by atoms with E-state index in [-0.39, 0.29) is 42.7 Å². The van der Waals surface area contributed by atoms with Crippen LogP contribution in [0.1, 0.15) is 52.4 Å². The van der Waals surface area contributed by atoms with Crippen molar-refractivity contribution in [2.75, 3.05) is 25.5 Å². The minimum Gasteiger partial charge on any atom is -0.378 e. The Balaban J connectivity index is 1.50. The van der Waals surface area contributed by atoms with Crippen molar-refractivity contribution >= 4 is 23.4 Å². The largest absolute Gasteiger partial charge is 0.378 e. The zero-order valence-electron chi connectivity index (χ0n) is 22.1. The lowest BCUT2D eigenvalue weighted by molar-refractivity contribution is -0.133. The van der Waals surface area contributed by atoms with Gasteiger partial charge in [0.25, 0.3) is 11.8 Å². The number of halogens is 1. The van der Waals surface area contributed by atoms with E-state index in [1.807, 2.05) is 50.2 Å². The van der Waals surface area contributed by atoms with Crippen LogP contribution < -0.4 is 15.5 Å². The van der Waals surface area contributed by atoms with Gasteiger partial charge in [0, 0.05) is 39.4 Å². The summed E-state index contributed by atoms with van der Waals surface area (Å²) in [6.07, 6.45) is 2.06. The van der Waals surface area contributed by atoms with Crippen molar-refractivity contribution in [1.29, 1.82) is 0 Å². The highest BCUT2D eigenvalue weighted by Gasteiger charge is 2.48. The highest BCUT2D eigenvalue weighted by atomic mass is 19.1. The number of aromatic nitrogens is 2. The number of imidazole rings is 1. The fourth-order valence-corrected chi connectivity index (χ4v) is 4.58. The summed E-state index contributed by atoms with van der Waals surface area (Å²) in [5.41, 5.74) is 1.72. The molecule has 0 aliphatic carbocycles. The molecule has 1 aliphatic rings. The van der Waals surface area contributed by atoms with Gasteiger partial charge in [-0.1, -0.05) is 31.2 Å². The Morgan fingerprint density at radius 2 is 1.63 bits per heavy atom. The molecule has 0 saturated carbocycles. The number of carbonyl (C=O) groups is 3. The fourth-order valence-electron chi connectivity index (χ4n) is 4.58. The van der Waals surface area contributed by atoms with E-state index in [2.05, 4.69) is 15.6 Å². The van der Waals surface area contributed by atoms with E-state index < -0.39 is 17.4 Å². The summed E-state index contributed by atoms with van der Waals surface area (Å²) in [7, 11) is 3.91. The van der Waals surface area contributed by atoms with E-state index in [4.69, 9.17) is 0 Å². The maximum atomic E-state index is 13.7. The summed E-state index contributed by atoms with van der Waals surface area (Å²) < 4.78 is 14.8. The van der Waals surface area contributed by atoms with Gasteiger partial charge in [-0.25, -0.2) is 9.37 Å². The lowest BCUT2D eigenvalue weighted by Gasteiger charge is -2.43. The van der Waals surface area contributed by atoms with Crippen LogP contribution in [0.3, 0.4) is 0 Å². The lowest BCUT2D eigenvalue weighted by Crippen LogP contribution is -2.64. The molecular weight excluding hydrogens is 487 g/mol. The number of carbonyl (C=O) groups excluding carboxylic acids is 3. The van der Waals surface area contributed by atoms with Gasteiger partial charge < -0.3 is 25.0 Å². The average molecular weight is 521 g/mol. The van der Waals surface area contributed by atoms with Gasteiger partial charge in [0.15, 0.2) is 5.69 Å². The Hall–Kier alpha value is -4.21. The molecule has 9 nitrogen and oxygen atoms in total. The Morgan fingerprint density at radius 3 is 2.24 bits per heavy atom. The zero-order valence-corrected chi connectivity index (χ0v) is 22.1. The van der Waals surface area contributed by atoms with Crippen LogP contribution in [0.4, 0.5) is 10.1 Å². The smallest absolute Gasteiger partial charge is 0.273 e. The summed E-state index contributed by atoms with van der Waals surface area (Å²) in [6, 6.07) is 13.7. The first kappa shape index (κ1) is 26.8. The molecule has 3 amide bonds. The fraction of sp³-hybridized carbons (Fsp3) is 0.357. The Morgan fingerprint density at radius 1 is 1.03 bits per heavy atom. The SMILES string of the molecule is CCCN1C(=O)c2c(C(=O)NCc3ccc(N(C)C)cc3)ncn2CC1(C)C(=O)NCc1ccc(F)cc1. The predicted octanol–water partition coefficient (Wildman–Crippen LogP) is 2.96. The van der Waals surface area contributed by atoms with Crippen LogP contribution in [0.5, 0.6) is 0 Å². The monoisotopic (exact) mass is 520 g/mol. The third-order valence-corrected chi connectivity index (χ3v) is 6.78. The van der Waals surface area contributed by atoms with E-state index in [1.54, 1.807) is 23.6 Å². The van der Waals surface area contributed by atoms with Crippen LogP contribution in [0.2, 0.25) is 0 Å². The number of benzene rings is 2. The van der Waals surface area contributed by atoms with Crippen molar-refractivity contribution < 1.29 is 18.8 Å². The molecule has 0 saturated heterocycles. The van der Waals surface area contributed by atoms with Crippen LogP contribution in [-0.4, -0.2) is 58.4 Å². The van der Waals surface area contributed by atoms with Crippen LogP contribution in [-0.2, 0) is 24.4 Å². The molecule has 38 heavy (non-hydrogen) atoms. The minimum absolute atomic E-state index is 0.0368. The topological polar surface area (TPSA) is 99.6 Å². The number of nitrogens with one attached hydrogen (secondary N) is 2. The summed E-state index contributed by atoms with van der Waals surface area (Å²) >= 11 is 0. The molecule has 1 aromatic heterocycles. The van der Waals surface area contributed by atoms with Crippen molar-refractivity contribution in [2.24, 2.45) is 0 Å². The number of fused-ring (bicyclic) bond motifs is 1. The Labute approximate surface area is 221 Å². The lowest BCUT2D eigenvalue weighted by atomic mass is 9.94. The van der Waals surface area contributed by atoms with Gasteiger partial charge in [-0.05, 0) is 48.7 Å². The first-order valence-electron chi connectivity index (χ1n) is 12.6. The second-order valence-electron chi connectivity index (χ2n) is 9.85. The van der Waals surface area contributed by atoms with Crippen LogP contribution in [0, 0.1) is 5.82 Å². The number of hydrogen-bond donors (Lipinski definition) is 2. The first-order chi connectivity index (χ1) is 18.1. The second kappa shape index (κ2) is 11.0. The number of hydrogen-bond acceptors (Lipinski definition) is 5. The summed E-state index contributed by atoms with van der Waals surface area (Å²) in [5, 5.41) is 5.72. The Bertz CT molecular complexity index is 1320. The molecule has 0 radical (unpaired) electrons. The molecular formula is C28H33FN6O3. The highest BCUT2D eigenvalue weighted by Crippen LogP contribution is 2.29. The highest BCUT2D eigenvalue weighted by molar-refractivity contribution is 6.07. The van der Waals surface area contributed by atoms with E-state index in [0.29, 0.717) is 13.0 Å². The van der Waals surface area contributed by atoms with E-state index in [9.17, 15) is 18.8 Å². The van der Waals surface area contributed by atoms with Gasteiger partial charge >= 0.3 is 0 Å². The van der Waals surface area contributed by atoms with Gasteiger partial charge in [-0.3, -0.25) is 14.4 Å². The summed E-state index contributed by atoms with van der Waals surface area (Å²) in [4.78, 5) is 47.8. The first-order valence-corrected chi connectivity index (χ1v) is 12.6. The second-order valence-corrected chi connectivity index (χ2v) is 9.85. The molecule has 0 spiro atoms. The molecule has 200 valence electrons. The van der Waals surface area contributed by atoms with Gasteiger partial charge in [-0.15, -0.1) is 0 Å². The molecule has 3 aromatic rings. The molecule has 0 fully saturated rings. The van der Waals surface area contributed by atoms with Crippen molar-refractivity contribution in [1.82, 2.24) is 25.1 Å². The quantitative estimate of drug-likeness (QED) is 0.452. The Kier molecular flexibility index (Phi) is 7.80. The van der Waals surface area contributed by atoms with Crippen molar-refractivity contribution in [2.45, 2.75) is 45.4 Å². The number of nitrogens with zero attached hydrogens (tertiary/aromatic N) is 4. The van der Waals surface area contributed by atoms with Gasteiger partial charge in [-0.2, -0.15) is 0 Å². The molecule has 1 atom stereocenters. The average Bonchev–Trinajstić information content (AvgIpc) is 3.33. The molecule has 2 N–H and O–H groups in total. The molecule has 4 rings (SSSR count). The van der Waals surface area contributed by atoms with E-state index in [1.165, 1.54) is 23.4 Å². The van der Waals surface area contributed by atoms with Gasteiger partial charge in [0.1, 0.15) is 17.1 Å². The van der Waals surface area contributed by atoms with Crippen molar-refractivity contribution in [3.05, 3.63) is 83.2 Å². The molecule has 1 aliphatic heterocycles. The molecule has 10 heteroatoms. The molecule has 1 unspecified atom stereocenters. The van der Waals surface area contributed by atoms with Crippen LogP contribution >= 0.6 is 0 Å². The summed E-state index contributed by atoms with van der Waals surface area (Å²) in [6.45, 7) is 4.60. The standard InChI is InChI=1S/C28H33FN6O3/c1-5-14-35-26(37)24-23(25(36)30-15-20-8-12-22(13-9-20)33(3)4)32-18-34(24)17-28(35,2)27(38)31-16-19-6-10-21(29)11-7-19/h6-13,18H,5,14-17H2,1-4H3,(H,30,36)(H,31,38). The third-order valence-electron chi connectivity index (χ3n) is 6.78. The van der Waals surface area contributed by atoms with Crippen molar-refractivity contribution in [3.63, 3.8) is 0 Å². The zero-order chi connectivity index (χ0) is 27.4. The molecule has 2 heterocycles. The predicted molar refractivity (Wildman–Crippen MR) is 142 cm³/mol. The van der Waals surface area contributed by atoms with Crippen LogP contribution in [0.15, 0.2) is 54.9 Å².